The fraction of sp³-hybridized carbons (Fsp3) is 0.0769. The van der Waals surface area contributed by atoms with Crippen LogP contribution in [0.5, 0.6) is 0 Å². The molecule has 2 heterocycles. The van der Waals surface area contributed by atoms with E-state index >= 15 is 0 Å². The lowest BCUT2D eigenvalue weighted by Crippen LogP contribution is -2.14. The summed E-state index contributed by atoms with van der Waals surface area (Å²) >= 11 is 0. The van der Waals surface area contributed by atoms with Crippen molar-refractivity contribution in [1.29, 1.82) is 0 Å². The summed E-state index contributed by atoms with van der Waals surface area (Å²) < 4.78 is 3.31. The topological polar surface area (TPSA) is 77.6 Å². The Morgan fingerprint density at radius 1 is 1.30 bits per heavy atom. The van der Waals surface area contributed by atoms with Crippen LogP contribution in [0.15, 0.2) is 49.2 Å². The smallest absolute Gasteiger partial charge is 0.277 e. The number of hydrogen-bond donors (Lipinski definition) is 1. The number of nitrogens with one attached hydrogen (secondary N) is 1. The van der Waals surface area contributed by atoms with Crippen LogP contribution in [-0.2, 0) is 7.05 Å². The molecule has 7 nitrogen and oxygen atoms in total. The third-order valence-corrected chi connectivity index (χ3v) is 2.77. The second kappa shape index (κ2) is 4.96. The van der Waals surface area contributed by atoms with Gasteiger partial charge in [0.1, 0.15) is 0 Å². The molecule has 2 aromatic heterocycles. The van der Waals surface area contributed by atoms with E-state index < -0.39 is 0 Å². The van der Waals surface area contributed by atoms with Gasteiger partial charge in [-0.25, -0.2) is 4.98 Å². The summed E-state index contributed by atoms with van der Waals surface area (Å²) in [4.78, 5) is 16.1. The number of nitrogens with zero attached hydrogens (tertiary/aromatic N) is 5. The molecular weight excluding hydrogens is 256 g/mol. The van der Waals surface area contributed by atoms with E-state index in [0.717, 1.165) is 5.69 Å². The quantitative estimate of drug-likeness (QED) is 0.775. The first kappa shape index (κ1) is 12.1. The Morgan fingerprint density at radius 3 is 2.85 bits per heavy atom. The van der Waals surface area contributed by atoms with Gasteiger partial charge in [-0.05, 0) is 12.1 Å². The number of imidazole rings is 1. The van der Waals surface area contributed by atoms with Crippen LogP contribution >= 0.6 is 0 Å². The predicted molar refractivity (Wildman–Crippen MR) is 72.5 cm³/mol. The van der Waals surface area contributed by atoms with Crippen LogP contribution in [0, 0.1) is 0 Å². The molecule has 0 aliphatic heterocycles. The first-order chi connectivity index (χ1) is 9.74. The zero-order valence-electron chi connectivity index (χ0n) is 10.8. The molecule has 1 amide bonds. The molecule has 20 heavy (non-hydrogen) atoms. The fourth-order valence-electron chi connectivity index (χ4n) is 1.84. The van der Waals surface area contributed by atoms with Gasteiger partial charge in [0.05, 0.1) is 23.9 Å². The second-order valence-electron chi connectivity index (χ2n) is 4.22. The Labute approximate surface area is 114 Å². The average Bonchev–Trinajstić information content (AvgIpc) is 3.10. The molecule has 0 saturated heterocycles. The Hall–Kier alpha value is -2.96. The largest absolute Gasteiger partial charge is 0.319 e. The molecule has 0 fully saturated rings. The van der Waals surface area contributed by atoms with Gasteiger partial charge in [0.15, 0.2) is 5.69 Å². The number of benzene rings is 1. The maximum atomic E-state index is 12.1. The molecule has 7 heteroatoms. The predicted octanol–water partition coefficient (Wildman–Crippen LogP) is 1.25. The average molecular weight is 268 g/mol. The SMILES string of the molecule is Cn1cc(C(=O)Nc2ccccc2-n2ccnc2)nn1. The summed E-state index contributed by atoms with van der Waals surface area (Å²) in [5.41, 5.74) is 1.79. The van der Waals surface area contributed by atoms with Crippen molar-refractivity contribution in [3.8, 4) is 5.69 Å². The highest BCUT2D eigenvalue weighted by atomic mass is 16.2. The number of carbonyl (C=O) groups excluding carboxylic acids is 1. The van der Waals surface area contributed by atoms with E-state index in [2.05, 4.69) is 20.6 Å². The van der Waals surface area contributed by atoms with E-state index in [-0.39, 0.29) is 11.6 Å². The molecule has 0 saturated carbocycles. The van der Waals surface area contributed by atoms with E-state index in [1.54, 1.807) is 25.8 Å². The molecule has 0 radical (unpaired) electrons. The van der Waals surface area contributed by atoms with Crippen LogP contribution in [-0.4, -0.2) is 30.5 Å². The summed E-state index contributed by atoms with van der Waals surface area (Å²) in [6.45, 7) is 0. The molecule has 0 atom stereocenters. The Morgan fingerprint density at radius 2 is 2.15 bits per heavy atom. The van der Waals surface area contributed by atoms with Gasteiger partial charge in [-0.15, -0.1) is 5.10 Å². The molecule has 0 bridgehead atoms. The minimum atomic E-state index is -0.300. The summed E-state index contributed by atoms with van der Waals surface area (Å²) in [5, 5.41) is 10.4. The summed E-state index contributed by atoms with van der Waals surface area (Å²) in [5.74, 6) is -0.300. The van der Waals surface area contributed by atoms with Crippen molar-refractivity contribution in [3.05, 3.63) is 54.9 Å². The van der Waals surface area contributed by atoms with Gasteiger partial charge in [0.2, 0.25) is 0 Å². The molecule has 0 aliphatic carbocycles. The molecule has 1 N–H and O–H groups in total. The minimum absolute atomic E-state index is 0.271. The minimum Gasteiger partial charge on any atom is -0.319 e. The number of hydrogen-bond acceptors (Lipinski definition) is 4. The van der Waals surface area contributed by atoms with Crippen LogP contribution in [0.3, 0.4) is 0 Å². The van der Waals surface area contributed by atoms with Crippen LogP contribution < -0.4 is 5.32 Å². The van der Waals surface area contributed by atoms with Crippen molar-refractivity contribution in [2.24, 2.45) is 7.05 Å². The van der Waals surface area contributed by atoms with Gasteiger partial charge in [0.25, 0.3) is 5.91 Å². The standard InChI is InChI=1S/C13H12N6O/c1-18-8-11(16-17-18)13(20)15-10-4-2-3-5-12(10)19-7-6-14-9-19/h2-9H,1H3,(H,15,20). The fourth-order valence-corrected chi connectivity index (χ4v) is 1.84. The summed E-state index contributed by atoms with van der Waals surface area (Å²) in [6, 6.07) is 7.47. The van der Waals surface area contributed by atoms with E-state index in [0.29, 0.717) is 5.69 Å². The van der Waals surface area contributed by atoms with E-state index in [9.17, 15) is 4.79 Å². The van der Waals surface area contributed by atoms with Gasteiger partial charge < -0.3 is 9.88 Å². The molecule has 3 rings (SSSR count). The van der Waals surface area contributed by atoms with Crippen molar-refractivity contribution >= 4 is 11.6 Å². The highest BCUT2D eigenvalue weighted by molar-refractivity contribution is 6.03. The normalized spacial score (nSPS) is 10.4. The molecule has 3 aromatic rings. The lowest BCUT2D eigenvalue weighted by molar-refractivity contribution is 0.102. The number of amides is 1. The van der Waals surface area contributed by atoms with Crippen LogP contribution in [0.2, 0.25) is 0 Å². The van der Waals surface area contributed by atoms with E-state index in [1.807, 2.05) is 35.0 Å². The van der Waals surface area contributed by atoms with E-state index in [4.69, 9.17) is 0 Å². The molecule has 1 aromatic carbocycles. The van der Waals surface area contributed by atoms with Crippen LogP contribution in [0.25, 0.3) is 5.69 Å². The van der Waals surface area contributed by atoms with E-state index in [1.165, 1.54) is 4.68 Å². The number of para-hydroxylation sites is 2. The van der Waals surface area contributed by atoms with Crippen molar-refractivity contribution in [2.45, 2.75) is 0 Å². The lowest BCUT2D eigenvalue weighted by Gasteiger charge is -2.10. The van der Waals surface area contributed by atoms with Gasteiger partial charge in [0, 0.05) is 19.4 Å². The number of aryl methyl sites for hydroxylation is 1. The van der Waals surface area contributed by atoms with Crippen molar-refractivity contribution in [2.75, 3.05) is 5.32 Å². The number of carbonyl (C=O) groups is 1. The zero-order chi connectivity index (χ0) is 13.9. The summed E-state index contributed by atoms with van der Waals surface area (Å²) in [6.07, 6.45) is 6.73. The highest BCUT2D eigenvalue weighted by Gasteiger charge is 2.12. The Kier molecular flexibility index (Phi) is 3.00. The molecule has 100 valence electrons. The van der Waals surface area contributed by atoms with Crippen molar-refractivity contribution in [3.63, 3.8) is 0 Å². The van der Waals surface area contributed by atoms with Gasteiger partial charge in [-0.1, -0.05) is 17.3 Å². The maximum absolute atomic E-state index is 12.1. The number of anilines is 1. The second-order valence-corrected chi connectivity index (χ2v) is 4.22. The molecule has 0 spiro atoms. The lowest BCUT2D eigenvalue weighted by atomic mass is 10.2. The number of aromatic nitrogens is 5. The first-order valence-electron chi connectivity index (χ1n) is 5.99. The third-order valence-electron chi connectivity index (χ3n) is 2.77. The Balaban J connectivity index is 1.90. The van der Waals surface area contributed by atoms with Crippen molar-refractivity contribution in [1.82, 2.24) is 24.5 Å². The van der Waals surface area contributed by atoms with Gasteiger partial charge in [-0.2, -0.15) is 0 Å². The highest BCUT2D eigenvalue weighted by Crippen LogP contribution is 2.19. The van der Waals surface area contributed by atoms with Gasteiger partial charge in [-0.3, -0.25) is 9.48 Å². The van der Waals surface area contributed by atoms with Gasteiger partial charge >= 0.3 is 0 Å². The summed E-state index contributed by atoms with van der Waals surface area (Å²) in [7, 11) is 1.71. The number of rotatable bonds is 3. The monoisotopic (exact) mass is 268 g/mol. The molecule has 0 aliphatic rings. The molecule has 0 unspecified atom stereocenters. The maximum Gasteiger partial charge on any atom is 0.277 e. The van der Waals surface area contributed by atoms with Crippen molar-refractivity contribution < 1.29 is 4.79 Å². The third kappa shape index (κ3) is 2.28. The Bertz CT molecular complexity index is 731. The van der Waals surface area contributed by atoms with Crippen LogP contribution in [0.1, 0.15) is 10.5 Å². The molecular formula is C13H12N6O. The van der Waals surface area contributed by atoms with Crippen LogP contribution in [0.4, 0.5) is 5.69 Å². The first-order valence-corrected chi connectivity index (χ1v) is 5.99. The zero-order valence-corrected chi connectivity index (χ0v) is 10.8.